The van der Waals surface area contributed by atoms with E-state index >= 15 is 0 Å². The molecule has 1 rings (SSSR count). The van der Waals surface area contributed by atoms with Crippen molar-refractivity contribution in [3.63, 3.8) is 0 Å². The Hall–Kier alpha value is -1.14. The number of rotatable bonds is 5. The molecule has 0 spiro atoms. The Morgan fingerprint density at radius 3 is 2.58 bits per heavy atom. The molecule has 6 nitrogen and oxygen atoms in total. The Labute approximate surface area is 115 Å². The lowest BCUT2D eigenvalue weighted by Gasteiger charge is -2.21. The first-order valence-corrected chi connectivity index (χ1v) is 7.02. The topological polar surface area (TPSA) is 73.5 Å². The first-order chi connectivity index (χ1) is 8.99. The van der Waals surface area contributed by atoms with Crippen LogP contribution in [0.15, 0.2) is 0 Å². The van der Waals surface area contributed by atoms with E-state index in [0.29, 0.717) is 6.54 Å². The molecule has 1 fully saturated rings. The summed E-state index contributed by atoms with van der Waals surface area (Å²) in [5.41, 5.74) is 0. The molecule has 6 heteroatoms. The van der Waals surface area contributed by atoms with Crippen LogP contribution in [0.5, 0.6) is 0 Å². The van der Waals surface area contributed by atoms with Crippen molar-refractivity contribution in [1.82, 2.24) is 20.9 Å². The third-order valence-corrected chi connectivity index (χ3v) is 3.00. The molecule has 1 heterocycles. The lowest BCUT2D eigenvalue weighted by atomic mass is 10.2. The molecule has 2 amide bonds. The molecule has 1 unspecified atom stereocenters. The summed E-state index contributed by atoms with van der Waals surface area (Å²) in [6, 6.07) is -0.400. The van der Waals surface area contributed by atoms with E-state index in [1.807, 2.05) is 13.8 Å². The number of hydrogen-bond acceptors (Lipinski definition) is 4. The highest BCUT2D eigenvalue weighted by Gasteiger charge is 2.18. The first kappa shape index (κ1) is 15.9. The summed E-state index contributed by atoms with van der Waals surface area (Å²) >= 11 is 0. The van der Waals surface area contributed by atoms with Crippen LogP contribution in [0.4, 0.5) is 0 Å². The third-order valence-electron chi connectivity index (χ3n) is 3.00. The van der Waals surface area contributed by atoms with E-state index in [1.54, 1.807) is 6.92 Å². The van der Waals surface area contributed by atoms with Crippen molar-refractivity contribution in [1.29, 1.82) is 0 Å². The van der Waals surface area contributed by atoms with Crippen molar-refractivity contribution in [3.05, 3.63) is 0 Å². The van der Waals surface area contributed by atoms with E-state index in [4.69, 9.17) is 0 Å². The molecule has 19 heavy (non-hydrogen) atoms. The van der Waals surface area contributed by atoms with Crippen LogP contribution in [-0.4, -0.2) is 61.5 Å². The smallest absolute Gasteiger partial charge is 0.242 e. The van der Waals surface area contributed by atoms with Gasteiger partial charge in [0.05, 0.1) is 6.54 Å². The van der Waals surface area contributed by atoms with Crippen LogP contribution in [0.1, 0.15) is 27.2 Å². The fourth-order valence-electron chi connectivity index (χ4n) is 2.03. The summed E-state index contributed by atoms with van der Waals surface area (Å²) < 4.78 is 0. The molecule has 0 aliphatic carbocycles. The van der Waals surface area contributed by atoms with E-state index in [9.17, 15) is 9.59 Å². The van der Waals surface area contributed by atoms with Gasteiger partial charge in [0, 0.05) is 19.1 Å². The van der Waals surface area contributed by atoms with Crippen molar-refractivity contribution in [3.8, 4) is 0 Å². The van der Waals surface area contributed by atoms with Gasteiger partial charge in [0.15, 0.2) is 0 Å². The highest BCUT2D eigenvalue weighted by Crippen LogP contribution is 1.95. The maximum absolute atomic E-state index is 11.9. The second kappa shape index (κ2) is 8.12. The molecule has 0 aromatic rings. The van der Waals surface area contributed by atoms with Crippen LogP contribution in [0.25, 0.3) is 0 Å². The minimum absolute atomic E-state index is 0.0866. The largest absolute Gasteiger partial charge is 0.352 e. The Morgan fingerprint density at radius 2 is 1.89 bits per heavy atom. The molecular weight excluding hydrogens is 244 g/mol. The standard InChI is InChI=1S/C13H26N4O2/c1-10(2)15-13(19)11(3)16-12(18)9-17-7-4-5-14-6-8-17/h10-11,14H,4-9H2,1-3H3,(H,15,19)(H,16,18). The Balaban J connectivity index is 2.31. The second-order valence-electron chi connectivity index (χ2n) is 5.33. The van der Waals surface area contributed by atoms with Gasteiger partial charge in [0.2, 0.25) is 11.8 Å². The van der Waals surface area contributed by atoms with Gasteiger partial charge < -0.3 is 16.0 Å². The maximum Gasteiger partial charge on any atom is 0.242 e. The quantitative estimate of drug-likeness (QED) is 0.618. The SMILES string of the molecule is CC(C)NC(=O)C(C)NC(=O)CN1CCCNCC1. The van der Waals surface area contributed by atoms with E-state index < -0.39 is 6.04 Å². The van der Waals surface area contributed by atoms with Crippen molar-refractivity contribution < 1.29 is 9.59 Å². The van der Waals surface area contributed by atoms with Crippen molar-refractivity contribution in [2.45, 2.75) is 39.3 Å². The fraction of sp³-hybridized carbons (Fsp3) is 0.846. The van der Waals surface area contributed by atoms with E-state index in [0.717, 1.165) is 32.6 Å². The zero-order valence-electron chi connectivity index (χ0n) is 12.2. The minimum Gasteiger partial charge on any atom is -0.352 e. The minimum atomic E-state index is -0.486. The summed E-state index contributed by atoms with van der Waals surface area (Å²) in [5, 5.41) is 8.82. The lowest BCUT2D eigenvalue weighted by molar-refractivity contribution is -0.129. The van der Waals surface area contributed by atoms with Crippen LogP contribution in [0.3, 0.4) is 0 Å². The molecule has 0 aromatic carbocycles. The molecule has 3 N–H and O–H groups in total. The molecule has 1 aliphatic heterocycles. The number of hydrogen-bond donors (Lipinski definition) is 3. The molecule has 1 saturated heterocycles. The van der Waals surface area contributed by atoms with Gasteiger partial charge in [-0.3, -0.25) is 14.5 Å². The number of carbonyl (C=O) groups is 2. The summed E-state index contributed by atoms with van der Waals surface area (Å²) in [4.78, 5) is 25.7. The molecule has 0 saturated carbocycles. The number of nitrogens with zero attached hydrogens (tertiary/aromatic N) is 1. The average Bonchev–Trinajstić information content (AvgIpc) is 2.56. The van der Waals surface area contributed by atoms with Crippen molar-refractivity contribution >= 4 is 11.8 Å². The summed E-state index contributed by atoms with van der Waals surface area (Å²) in [6.07, 6.45) is 1.05. The fourth-order valence-corrected chi connectivity index (χ4v) is 2.03. The van der Waals surface area contributed by atoms with Gasteiger partial charge in [-0.15, -0.1) is 0 Å². The van der Waals surface area contributed by atoms with Gasteiger partial charge >= 0.3 is 0 Å². The third kappa shape index (κ3) is 6.54. The number of nitrogens with one attached hydrogen (secondary N) is 3. The molecule has 110 valence electrons. The van der Waals surface area contributed by atoms with Gasteiger partial charge in [-0.05, 0) is 40.3 Å². The highest BCUT2D eigenvalue weighted by atomic mass is 16.2. The van der Waals surface area contributed by atoms with Gasteiger partial charge in [0.1, 0.15) is 6.04 Å². The van der Waals surface area contributed by atoms with Crippen molar-refractivity contribution in [2.24, 2.45) is 0 Å². The lowest BCUT2D eigenvalue weighted by Crippen LogP contribution is -2.49. The van der Waals surface area contributed by atoms with Gasteiger partial charge in [-0.1, -0.05) is 0 Å². The molecule has 0 aromatic heterocycles. The zero-order chi connectivity index (χ0) is 14.3. The van der Waals surface area contributed by atoms with E-state index in [1.165, 1.54) is 0 Å². The Kier molecular flexibility index (Phi) is 6.80. The van der Waals surface area contributed by atoms with Gasteiger partial charge in [-0.25, -0.2) is 0 Å². The van der Waals surface area contributed by atoms with Gasteiger partial charge in [-0.2, -0.15) is 0 Å². The first-order valence-electron chi connectivity index (χ1n) is 7.02. The average molecular weight is 270 g/mol. The summed E-state index contributed by atoms with van der Waals surface area (Å²) in [6.45, 7) is 9.59. The van der Waals surface area contributed by atoms with Crippen LogP contribution in [-0.2, 0) is 9.59 Å². The Bertz CT molecular complexity index is 299. The predicted molar refractivity (Wildman–Crippen MR) is 74.8 cm³/mol. The second-order valence-corrected chi connectivity index (χ2v) is 5.33. The molecule has 0 bridgehead atoms. The molecule has 0 radical (unpaired) electrons. The van der Waals surface area contributed by atoms with Crippen LogP contribution in [0, 0.1) is 0 Å². The Morgan fingerprint density at radius 1 is 1.16 bits per heavy atom. The van der Waals surface area contributed by atoms with Gasteiger partial charge in [0.25, 0.3) is 0 Å². The molecule has 1 atom stereocenters. The maximum atomic E-state index is 11.9. The zero-order valence-corrected chi connectivity index (χ0v) is 12.2. The van der Waals surface area contributed by atoms with Crippen LogP contribution >= 0.6 is 0 Å². The van der Waals surface area contributed by atoms with E-state index in [2.05, 4.69) is 20.9 Å². The number of carbonyl (C=O) groups excluding carboxylic acids is 2. The van der Waals surface area contributed by atoms with Crippen LogP contribution < -0.4 is 16.0 Å². The summed E-state index contributed by atoms with van der Waals surface area (Å²) in [5.74, 6) is -0.228. The monoisotopic (exact) mass is 270 g/mol. The van der Waals surface area contributed by atoms with E-state index in [-0.39, 0.29) is 17.9 Å². The van der Waals surface area contributed by atoms with Crippen LogP contribution in [0.2, 0.25) is 0 Å². The molecular formula is C13H26N4O2. The summed E-state index contributed by atoms with van der Waals surface area (Å²) in [7, 11) is 0. The highest BCUT2D eigenvalue weighted by molar-refractivity contribution is 5.88. The molecule has 1 aliphatic rings. The number of amides is 2. The van der Waals surface area contributed by atoms with Crippen molar-refractivity contribution in [2.75, 3.05) is 32.7 Å². The normalized spacial score (nSPS) is 18.7. The predicted octanol–water partition coefficient (Wildman–Crippen LogP) is -0.689.